The lowest BCUT2D eigenvalue weighted by atomic mass is 10.00. The zero-order chi connectivity index (χ0) is 24.1. The van der Waals surface area contributed by atoms with Crippen LogP contribution in [0.4, 0.5) is 5.13 Å². The number of nitrogens with zero attached hydrogens (tertiary/aromatic N) is 2. The molecule has 1 fully saturated rings. The smallest absolute Gasteiger partial charge is 0.301 e. The summed E-state index contributed by atoms with van der Waals surface area (Å²) in [5.74, 6) is -1.79. The summed E-state index contributed by atoms with van der Waals surface area (Å²) in [6.45, 7) is 0. The predicted octanol–water partition coefficient (Wildman–Crippen LogP) is 6.95. The monoisotopic (exact) mass is 550 g/mol. The van der Waals surface area contributed by atoms with Crippen molar-refractivity contribution in [2.75, 3.05) is 12.0 Å². The fraction of sp³-hybridized carbons (Fsp3) is 0.0870. The summed E-state index contributed by atoms with van der Waals surface area (Å²) < 4.78 is 5.93. The van der Waals surface area contributed by atoms with Gasteiger partial charge in [-0.1, -0.05) is 52.2 Å². The molecular weight excluding hydrogens is 539 g/mol. The Balaban J connectivity index is 1.71. The van der Waals surface area contributed by atoms with E-state index < -0.39 is 23.5 Å². The minimum absolute atomic E-state index is 0.0814. The van der Waals surface area contributed by atoms with Crippen LogP contribution >= 0.6 is 57.5 Å². The highest BCUT2D eigenvalue weighted by Gasteiger charge is 2.48. The number of amides is 1. The summed E-state index contributed by atoms with van der Waals surface area (Å²) >= 11 is 21.2. The average molecular weight is 552 g/mol. The van der Waals surface area contributed by atoms with E-state index in [2.05, 4.69) is 4.98 Å². The van der Waals surface area contributed by atoms with E-state index in [4.69, 9.17) is 39.5 Å². The van der Waals surface area contributed by atoms with E-state index in [1.54, 1.807) is 30.3 Å². The van der Waals surface area contributed by atoms with E-state index in [1.807, 2.05) is 5.38 Å². The summed E-state index contributed by atoms with van der Waals surface area (Å²) in [6, 6.07) is 10.8. The first-order chi connectivity index (χ1) is 16.3. The van der Waals surface area contributed by atoms with Gasteiger partial charge in [-0.3, -0.25) is 14.5 Å². The molecular formula is C23H13Cl3N2O4S2. The Morgan fingerprint density at radius 2 is 1.85 bits per heavy atom. The molecule has 34 heavy (non-hydrogen) atoms. The van der Waals surface area contributed by atoms with Gasteiger partial charge in [0.1, 0.15) is 11.8 Å². The summed E-state index contributed by atoms with van der Waals surface area (Å²) in [5.41, 5.74) is 0.749. The average Bonchev–Trinajstić information content (AvgIpc) is 3.51. The van der Waals surface area contributed by atoms with Crippen LogP contribution in [0, 0.1) is 0 Å². The molecule has 2 aromatic heterocycles. The fourth-order valence-corrected chi connectivity index (χ4v) is 6.52. The van der Waals surface area contributed by atoms with Gasteiger partial charge in [-0.2, -0.15) is 0 Å². The number of ketones is 1. The highest BCUT2D eigenvalue weighted by atomic mass is 35.5. The standard InChI is InChI=1S/C23H13Cl3N2O4S2/c1-32-21-12(25)7-10(8-13(21)26)19(29)17-18(15-3-2-6-33-15)28(22(31)20(17)30)23-27-14-5-4-11(24)9-16(14)34-23/h2-9,18,29H,1H3/b19-17+. The van der Waals surface area contributed by atoms with Gasteiger partial charge in [0.05, 0.1) is 32.9 Å². The number of hydrogen-bond acceptors (Lipinski definition) is 7. The summed E-state index contributed by atoms with van der Waals surface area (Å²) in [7, 11) is 1.42. The van der Waals surface area contributed by atoms with Gasteiger partial charge in [0, 0.05) is 15.5 Å². The zero-order valence-electron chi connectivity index (χ0n) is 17.2. The van der Waals surface area contributed by atoms with Gasteiger partial charge < -0.3 is 9.84 Å². The van der Waals surface area contributed by atoms with Crippen LogP contribution in [0.5, 0.6) is 5.75 Å². The summed E-state index contributed by atoms with van der Waals surface area (Å²) in [5, 5.41) is 14.2. The predicted molar refractivity (Wildman–Crippen MR) is 137 cm³/mol. The lowest BCUT2D eigenvalue weighted by Gasteiger charge is -2.21. The molecule has 0 saturated carbocycles. The minimum Gasteiger partial charge on any atom is -0.507 e. The van der Waals surface area contributed by atoms with E-state index in [0.29, 0.717) is 20.5 Å². The molecule has 1 unspecified atom stereocenters. The van der Waals surface area contributed by atoms with E-state index in [-0.39, 0.29) is 26.9 Å². The molecule has 6 nitrogen and oxygen atoms in total. The van der Waals surface area contributed by atoms with Crippen LogP contribution in [0.2, 0.25) is 15.1 Å². The molecule has 1 atom stereocenters. The van der Waals surface area contributed by atoms with Crippen molar-refractivity contribution in [3.8, 4) is 5.75 Å². The Morgan fingerprint density at radius 3 is 2.50 bits per heavy atom. The SMILES string of the molecule is COc1c(Cl)cc(/C(O)=C2\C(=O)C(=O)N(c3nc4ccc(Cl)cc4s3)C2c2cccs2)cc1Cl. The number of thiazole rings is 1. The van der Waals surface area contributed by atoms with Crippen molar-refractivity contribution >= 4 is 90.3 Å². The third-order valence-electron chi connectivity index (χ3n) is 5.28. The molecule has 1 saturated heterocycles. The number of halogens is 3. The number of carbonyl (C=O) groups is 2. The molecule has 4 aromatic rings. The van der Waals surface area contributed by atoms with Crippen molar-refractivity contribution < 1.29 is 19.4 Å². The number of aliphatic hydroxyl groups excluding tert-OH is 1. The number of aromatic nitrogens is 1. The number of aliphatic hydroxyl groups is 1. The third kappa shape index (κ3) is 3.76. The molecule has 172 valence electrons. The van der Waals surface area contributed by atoms with Crippen LogP contribution < -0.4 is 9.64 Å². The Morgan fingerprint density at radius 1 is 1.12 bits per heavy atom. The van der Waals surface area contributed by atoms with Crippen LogP contribution in [0.3, 0.4) is 0 Å². The second kappa shape index (κ2) is 8.87. The van der Waals surface area contributed by atoms with E-state index in [9.17, 15) is 14.7 Å². The van der Waals surface area contributed by atoms with Gasteiger partial charge in [-0.15, -0.1) is 11.3 Å². The first-order valence-corrected chi connectivity index (χ1v) is 12.6. The first kappa shape index (κ1) is 23.1. The second-order valence-electron chi connectivity index (χ2n) is 7.27. The molecule has 0 bridgehead atoms. The fourth-order valence-electron chi connectivity index (χ4n) is 3.78. The van der Waals surface area contributed by atoms with Crippen LogP contribution in [0.25, 0.3) is 16.0 Å². The number of rotatable bonds is 4. The highest BCUT2D eigenvalue weighted by molar-refractivity contribution is 7.22. The number of methoxy groups -OCH3 is 1. The Bertz CT molecular complexity index is 1470. The number of ether oxygens (including phenoxy) is 1. The van der Waals surface area contributed by atoms with Gasteiger partial charge in [-0.25, -0.2) is 4.98 Å². The second-order valence-corrected chi connectivity index (χ2v) is 10.5. The van der Waals surface area contributed by atoms with E-state index in [1.165, 1.54) is 46.8 Å². The topological polar surface area (TPSA) is 79.7 Å². The van der Waals surface area contributed by atoms with Crippen molar-refractivity contribution in [3.63, 3.8) is 0 Å². The lowest BCUT2D eigenvalue weighted by Crippen LogP contribution is -2.28. The zero-order valence-corrected chi connectivity index (χ0v) is 21.1. The maximum atomic E-state index is 13.2. The van der Waals surface area contributed by atoms with Gasteiger partial charge >= 0.3 is 5.91 Å². The normalized spacial score (nSPS) is 17.6. The number of anilines is 1. The summed E-state index contributed by atoms with van der Waals surface area (Å²) in [4.78, 5) is 33.0. The van der Waals surface area contributed by atoms with Crippen LogP contribution in [0.1, 0.15) is 16.5 Å². The van der Waals surface area contributed by atoms with Gasteiger partial charge in [0.25, 0.3) is 5.78 Å². The highest BCUT2D eigenvalue weighted by Crippen LogP contribution is 2.46. The van der Waals surface area contributed by atoms with Crippen molar-refractivity contribution in [2.45, 2.75) is 6.04 Å². The number of fused-ring (bicyclic) bond motifs is 1. The lowest BCUT2D eigenvalue weighted by molar-refractivity contribution is -0.132. The number of hydrogen-bond donors (Lipinski definition) is 1. The summed E-state index contributed by atoms with van der Waals surface area (Å²) in [6.07, 6.45) is 0. The Labute approximate surface area is 216 Å². The Hall–Kier alpha value is -2.62. The molecule has 1 amide bonds. The molecule has 1 aliphatic heterocycles. The number of thiophene rings is 1. The number of benzene rings is 2. The van der Waals surface area contributed by atoms with Crippen LogP contribution in [0.15, 0.2) is 53.4 Å². The van der Waals surface area contributed by atoms with E-state index in [0.717, 1.165) is 4.70 Å². The van der Waals surface area contributed by atoms with E-state index >= 15 is 0 Å². The van der Waals surface area contributed by atoms with Crippen molar-refractivity contribution in [1.29, 1.82) is 0 Å². The molecule has 0 aliphatic carbocycles. The molecule has 1 aliphatic rings. The molecule has 3 heterocycles. The molecule has 0 spiro atoms. The van der Waals surface area contributed by atoms with Crippen LogP contribution in [-0.4, -0.2) is 28.9 Å². The van der Waals surface area contributed by atoms with Gasteiger partial charge in [0.15, 0.2) is 10.9 Å². The quantitative estimate of drug-likeness (QED) is 0.169. The van der Waals surface area contributed by atoms with Crippen LogP contribution in [-0.2, 0) is 9.59 Å². The number of Topliss-reactive ketones (excluding diaryl/α,β-unsaturated/α-hetero) is 1. The van der Waals surface area contributed by atoms with Gasteiger partial charge in [0.2, 0.25) is 0 Å². The molecule has 11 heteroatoms. The molecule has 5 rings (SSSR count). The molecule has 2 aromatic carbocycles. The third-order valence-corrected chi connectivity index (χ3v) is 8.02. The molecule has 1 N–H and O–H groups in total. The Kier molecular flexibility index (Phi) is 6.03. The van der Waals surface area contributed by atoms with Gasteiger partial charge in [-0.05, 0) is 41.8 Å². The maximum absolute atomic E-state index is 13.2. The largest absolute Gasteiger partial charge is 0.507 e. The maximum Gasteiger partial charge on any atom is 0.301 e. The number of carbonyl (C=O) groups excluding carboxylic acids is 2. The molecule has 0 radical (unpaired) electrons. The minimum atomic E-state index is -0.879. The first-order valence-electron chi connectivity index (χ1n) is 9.74. The van der Waals surface area contributed by atoms with Crippen molar-refractivity contribution in [3.05, 3.63) is 78.9 Å². The van der Waals surface area contributed by atoms with Crippen molar-refractivity contribution in [1.82, 2.24) is 4.98 Å². The van der Waals surface area contributed by atoms with Crippen molar-refractivity contribution in [2.24, 2.45) is 0 Å².